The second kappa shape index (κ2) is 17.7. The first-order valence-corrected chi connectivity index (χ1v) is 14.1. The normalized spacial score (nSPS) is 16.5. The fourth-order valence-electron chi connectivity index (χ4n) is 4.24. The van der Waals surface area contributed by atoms with E-state index in [0.29, 0.717) is 12.8 Å². The predicted molar refractivity (Wildman–Crippen MR) is 144 cm³/mol. The molecule has 1 aliphatic heterocycles. The Morgan fingerprint density at radius 1 is 0.930 bits per heavy atom. The first-order valence-electron chi connectivity index (χ1n) is 14.1. The van der Waals surface area contributed by atoms with E-state index >= 15 is 0 Å². The lowest BCUT2D eigenvalue weighted by Gasteiger charge is -2.31. The smallest absolute Gasteiger partial charge is 0.407 e. The van der Waals surface area contributed by atoms with E-state index in [0.717, 1.165) is 0 Å². The zero-order valence-corrected chi connectivity index (χ0v) is 25.1. The Bertz CT molecular complexity index is 1060. The number of ether oxygens (including phenoxy) is 1. The minimum absolute atomic E-state index is 0.0566. The van der Waals surface area contributed by atoms with Gasteiger partial charge in [-0.2, -0.15) is 0 Å². The molecule has 1 heterocycles. The molecule has 43 heavy (non-hydrogen) atoms. The van der Waals surface area contributed by atoms with Gasteiger partial charge >= 0.3 is 6.09 Å². The highest BCUT2D eigenvalue weighted by Gasteiger charge is 2.40. The minimum atomic E-state index is -1.91. The molecule has 1 rings (SSSR count). The highest BCUT2D eigenvalue weighted by atomic mass is 16.5. The van der Waals surface area contributed by atoms with Gasteiger partial charge in [-0.15, -0.1) is 0 Å². The average molecular weight is 612 g/mol. The fraction of sp³-hybridized carbons (Fsp3) is 0.704. The molecular weight excluding hydrogens is 570 g/mol. The van der Waals surface area contributed by atoms with Crippen LogP contribution < -0.4 is 31.5 Å². The van der Waals surface area contributed by atoms with Crippen molar-refractivity contribution >= 4 is 47.4 Å². The third kappa shape index (κ3) is 12.3. The van der Waals surface area contributed by atoms with Crippen molar-refractivity contribution in [3.8, 4) is 0 Å². The van der Waals surface area contributed by atoms with Crippen molar-refractivity contribution in [1.82, 2.24) is 26.2 Å². The Kier molecular flexibility index (Phi) is 15.1. The summed E-state index contributed by atoms with van der Waals surface area (Å²) in [5.74, 6) is -8.48. The lowest BCUT2D eigenvalue weighted by atomic mass is 10.0. The van der Waals surface area contributed by atoms with Gasteiger partial charge < -0.3 is 50.7 Å². The molecule has 1 unspecified atom stereocenters. The largest absolute Gasteiger partial charge is 0.550 e. The molecule has 0 aromatic heterocycles. The van der Waals surface area contributed by atoms with Gasteiger partial charge in [-0.05, 0) is 31.1 Å². The molecule has 5 amide bonds. The zero-order valence-electron chi connectivity index (χ0n) is 25.1. The van der Waals surface area contributed by atoms with Gasteiger partial charge in [0.25, 0.3) is 5.91 Å². The number of hydrogen-bond donors (Lipinski definition) is 4. The Balaban J connectivity index is 2.87. The Labute approximate surface area is 249 Å². The van der Waals surface area contributed by atoms with Gasteiger partial charge in [-0.3, -0.25) is 24.0 Å². The van der Waals surface area contributed by atoms with Crippen LogP contribution in [0, 0.1) is 11.8 Å². The molecular formula is C27H41N5O11-2. The molecule has 0 aromatic rings. The molecule has 4 N–H and O–H groups in total. The third-order valence-electron chi connectivity index (χ3n) is 6.43. The summed E-state index contributed by atoms with van der Waals surface area (Å²) in [7, 11) is 0. The average Bonchev–Trinajstić information content (AvgIpc) is 3.42. The summed E-state index contributed by atoms with van der Waals surface area (Å²) < 4.78 is 5.12. The molecule has 16 nitrogen and oxygen atoms in total. The second-order valence-electron chi connectivity index (χ2n) is 11.0. The molecule has 0 saturated carbocycles. The number of Topliss-reactive ketones (excluding diaryl/α,β-unsaturated/α-hetero) is 1. The van der Waals surface area contributed by atoms with Crippen molar-refractivity contribution in [2.75, 3.05) is 19.7 Å². The van der Waals surface area contributed by atoms with Gasteiger partial charge in [0.2, 0.25) is 23.5 Å². The summed E-state index contributed by atoms with van der Waals surface area (Å²) in [4.78, 5) is 99.0. The van der Waals surface area contributed by atoms with E-state index in [1.165, 1.54) is 4.90 Å². The summed E-state index contributed by atoms with van der Waals surface area (Å²) >= 11 is 0. The predicted octanol–water partition coefficient (Wildman–Crippen LogP) is -3.27. The topological polar surface area (TPSA) is 243 Å². The number of alkyl carbamates (subject to hydrolysis) is 1. The zero-order chi connectivity index (χ0) is 32.9. The first-order chi connectivity index (χ1) is 20.1. The standard InChI is InChI=1S/C27H43N5O11/c1-6-8-16(22(36)24(38)28-12-19(33)29-17(26(40)41)11-20(34)35)30-23(37)18-9-7-10-32(18)25(39)21(15(4)5)31-27(42)43-13-14(2)3/h14-18,21H,6-13H2,1-5H3,(H,28,38)(H,29,33)(H,30,37)(H,31,42)(H,34,35)(H,40,41)/p-2/t16?,17-,18-,21-/m0/s1. The van der Waals surface area contributed by atoms with Crippen LogP contribution in [0.3, 0.4) is 0 Å². The van der Waals surface area contributed by atoms with E-state index in [-0.39, 0.29) is 37.8 Å². The van der Waals surface area contributed by atoms with E-state index in [1.807, 2.05) is 24.5 Å². The number of carbonyl (C=O) groups excluding carboxylic acids is 8. The van der Waals surface area contributed by atoms with Gasteiger partial charge in [0, 0.05) is 18.9 Å². The van der Waals surface area contributed by atoms with Gasteiger partial charge in [0.15, 0.2) is 0 Å². The molecule has 16 heteroatoms. The summed E-state index contributed by atoms with van der Waals surface area (Å²) in [6.07, 6.45) is -0.622. The SMILES string of the molecule is CCCC(NC(=O)[C@@H]1CCCN1C(=O)[C@@H](NC(=O)OCC(C)C)C(C)C)C(=O)C(=O)NCC(=O)N[C@@H](CC(=O)[O-])C(=O)[O-]. The van der Waals surface area contributed by atoms with Crippen LogP contribution in [0.2, 0.25) is 0 Å². The van der Waals surface area contributed by atoms with E-state index in [4.69, 9.17) is 4.74 Å². The monoisotopic (exact) mass is 611 g/mol. The van der Waals surface area contributed by atoms with Crippen molar-refractivity contribution in [2.45, 2.75) is 90.9 Å². The molecule has 0 aliphatic carbocycles. The number of nitrogens with one attached hydrogen (secondary N) is 4. The van der Waals surface area contributed by atoms with Crippen molar-refractivity contribution in [2.24, 2.45) is 11.8 Å². The van der Waals surface area contributed by atoms with Crippen LogP contribution in [0.1, 0.15) is 66.7 Å². The van der Waals surface area contributed by atoms with Crippen LogP contribution in [-0.2, 0) is 38.3 Å². The number of nitrogens with zero attached hydrogens (tertiary/aromatic N) is 1. The number of amides is 5. The van der Waals surface area contributed by atoms with Gasteiger partial charge in [0.1, 0.15) is 12.1 Å². The molecule has 0 spiro atoms. The Morgan fingerprint density at radius 2 is 1.58 bits per heavy atom. The number of rotatable bonds is 17. The number of carboxylic acids is 2. The number of carboxylic acid groups (broad SMARTS) is 2. The Morgan fingerprint density at radius 3 is 2.12 bits per heavy atom. The van der Waals surface area contributed by atoms with Crippen LogP contribution in [0.4, 0.5) is 4.79 Å². The molecule has 1 aliphatic rings. The van der Waals surface area contributed by atoms with E-state index < -0.39 is 84.6 Å². The molecule has 1 saturated heterocycles. The molecule has 0 radical (unpaired) electrons. The maximum atomic E-state index is 13.4. The van der Waals surface area contributed by atoms with Crippen molar-refractivity contribution in [3.05, 3.63) is 0 Å². The fourth-order valence-corrected chi connectivity index (χ4v) is 4.24. The molecule has 4 atom stereocenters. The quantitative estimate of drug-likeness (QED) is 0.119. The lowest BCUT2D eigenvalue weighted by Crippen LogP contribution is -2.57. The van der Waals surface area contributed by atoms with E-state index in [9.17, 15) is 48.6 Å². The van der Waals surface area contributed by atoms with Crippen molar-refractivity contribution < 1.29 is 53.3 Å². The summed E-state index contributed by atoms with van der Waals surface area (Å²) in [6.45, 7) is 8.42. The maximum absolute atomic E-state index is 13.4. The molecule has 242 valence electrons. The highest BCUT2D eigenvalue weighted by molar-refractivity contribution is 6.38. The van der Waals surface area contributed by atoms with E-state index in [2.05, 4.69) is 10.6 Å². The van der Waals surface area contributed by atoms with Gasteiger partial charge in [-0.25, -0.2) is 4.79 Å². The van der Waals surface area contributed by atoms with Crippen LogP contribution in [-0.4, -0.2) is 96.2 Å². The maximum Gasteiger partial charge on any atom is 0.407 e. The second-order valence-corrected chi connectivity index (χ2v) is 11.0. The molecule has 0 bridgehead atoms. The number of ketones is 1. The molecule has 0 aromatic carbocycles. The van der Waals surface area contributed by atoms with Gasteiger partial charge in [-0.1, -0.05) is 41.0 Å². The number of likely N-dealkylation sites (tertiary alicyclic amines) is 1. The lowest BCUT2D eigenvalue weighted by molar-refractivity contribution is -0.317. The van der Waals surface area contributed by atoms with Crippen LogP contribution >= 0.6 is 0 Å². The summed E-state index contributed by atoms with van der Waals surface area (Å²) in [6, 6.07) is -5.14. The first kappa shape index (κ1) is 36.8. The minimum Gasteiger partial charge on any atom is -0.550 e. The third-order valence-corrected chi connectivity index (χ3v) is 6.43. The number of hydrogen-bond acceptors (Lipinski definition) is 11. The Hall–Kier alpha value is -4.24. The van der Waals surface area contributed by atoms with Crippen molar-refractivity contribution in [3.63, 3.8) is 0 Å². The van der Waals surface area contributed by atoms with E-state index in [1.54, 1.807) is 20.8 Å². The van der Waals surface area contributed by atoms with Gasteiger partial charge in [0.05, 0.1) is 31.2 Å². The highest BCUT2D eigenvalue weighted by Crippen LogP contribution is 2.21. The number of carbonyl (C=O) groups is 8. The van der Waals surface area contributed by atoms with Crippen LogP contribution in [0.25, 0.3) is 0 Å². The summed E-state index contributed by atoms with van der Waals surface area (Å²) in [5, 5.41) is 30.5. The molecule has 1 fully saturated rings. The van der Waals surface area contributed by atoms with Crippen molar-refractivity contribution in [1.29, 1.82) is 0 Å². The summed E-state index contributed by atoms with van der Waals surface area (Å²) in [5.41, 5.74) is 0. The van der Waals surface area contributed by atoms with Crippen LogP contribution in [0.5, 0.6) is 0 Å². The number of aliphatic carboxylic acids is 2. The van der Waals surface area contributed by atoms with Crippen LogP contribution in [0.15, 0.2) is 0 Å².